The minimum atomic E-state index is -0.645. The Morgan fingerprint density at radius 2 is 1.97 bits per heavy atom. The molecule has 0 saturated heterocycles. The molecule has 0 aliphatic heterocycles. The number of aryl methyl sites for hydroxylation is 1. The summed E-state index contributed by atoms with van der Waals surface area (Å²) in [5, 5.41) is 5.27. The molecule has 1 aliphatic carbocycles. The molecule has 0 aromatic heterocycles. The average Bonchev–Trinajstić information content (AvgIpc) is 2.81. The van der Waals surface area contributed by atoms with Crippen molar-refractivity contribution in [2.24, 2.45) is 0 Å². The number of nitrogen functional groups attached to an aromatic ring is 1. The number of nitrogens with two attached hydrogens (primary N) is 1. The summed E-state index contributed by atoms with van der Waals surface area (Å²) in [6, 6.07) is 11.4. The number of hydrogen-bond donors (Lipinski definition) is 3. The molecule has 4 N–H and O–H groups in total. The molecular weight excluding hydrogens is 437 g/mol. The van der Waals surface area contributed by atoms with Crippen LogP contribution in [0.25, 0.3) is 0 Å². The number of benzene rings is 2. The van der Waals surface area contributed by atoms with Crippen LogP contribution in [-0.2, 0) is 19.1 Å². The number of carbonyl (C=O) groups excluding carboxylic acids is 2. The Morgan fingerprint density at radius 1 is 1.21 bits per heavy atom. The Kier molecular flexibility index (Phi) is 8.20. The van der Waals surface area contributed by atoms with E-state index >= 15 is 0 Å². The van der Waals surface area contributed by atoms with Gasteiger partial charge in [-0.25, -0.2) is 4.39 Å². The van der Waals surface area contributed by atoms with Gasteiger partial charge in [0, 0.05) is 19.6 Å². The number of allylic oxidation sites excluding steroid dienone is 1. The van der Waals surface area contributed by atoms with Crippen molar-refractivity contribution in [3.63, 3.8) is 0 Å². The number of nitrogens with one attached hydrogen (secondary N) is 2. The largest absolute Gasteiger partial charge is 0.397 e. The van der Waals surface area contributed by atoms with E-state index in [9.17, 15) is 14.0 Å². The Bertz CT molecular complexity index is 1110. The monoisotopic (exact) mass is 467 g/mol. The van der Waals surface area contributed by atoms with Gasteiger partial charge in [0.05, 0.1) is 28.8 Å². The van der Waals surface area contributed by atoms with Gasteiger partial charge >= 0.3 is 0 Å². The molecule has 1 aliphatic rings. The van der Waals surface area contributed by atoms with Crippen LogP contribution in [0.2, 0.25) is 0 Å². The molecular formula is C26H30FN3O4. The normalized spacial score (nSPS) is 20.1. The zero-order chi connectivity index (χ0) is 24.7. The van der Waals surface area contributed by atoms with Crippen LogP contribution < -0.4 is 16.4 Å². The van der Waals surface area contributed by atoms with E-state index in [1.54, 1.807) is 37.5 Å². The summed E-state index contributed by atoms with van der Waals surface area (Å²) in [5.74, 6) is -1.29. The summed E-state index contributed by atoms with van der Waals surface area (Å²) < 4.78 is 25.3. The predicted molar refractivity (Wildman–Crippen MR) is 131 cm³/mol. The first kappa shape index (κ1) is 25.1. The highest BCUT2D eigenvalue weighted by Crippen LogP contribution is 2.33. The fourth-order valence-corrected chi connectivity index (χ4v) is 3.64. The molecule has 2 amide bonds. The van der Waals surface area contributed by atoms with Gasteiger partial charge in [0.2, 0.25) is 11.8 Å². The van der Waals surface area contributed by atoms with Crippen LogP contribution >= 0.6 is 0 Å². The minimum Gasteiger partial charge on any atom is -0.397 e. The van der Waals surface area contributed by atoms with Gasteiger partial charge in [-0.15, -0.1) is 0 Å². The summed E-state index contributed by atoms with van der Waals surface area (Å²) in [5.41, 5.74) is 8.33. The Balaban J connectivity index is 1.59. The molecule has 0 bridgehead atoms. The number of hydrogen-bond acceptors (Lipinski definition) is 5. The standard InChI is InChI=1S/C26H30FN3O4/c1-17-8-10-22(20(28)14-17)30-24(31)11-9-18-12-13-26(2,33-3)23(15-18)34-16-25(32)29-21-7-5-4-6-19(21)27/h4-12,14,23H,13,15-16,28H2,1-3H3,(H,29,32)(H,30,31)/b11-9+. The van der Waals surface area contributed by atoms with Crippen molar-refractivity contribution < 1.29 is 23.5 Å². The van der Waals surface area contributed by atoms with Gasteiger partial charge in [-0.3, -0.25) is 9.59 Å². The van der Waals surface area contributed by atoms with Gasteiger partial charge in [-0.05, 0) is 55.7 Å². The van der Waals surface area contributed by atoms with Crippen molar-refractivity contribution >= 4 is 28.9 Å². The summed E-state index contributed by atoms with van der Waals surface area (Å²) in [6.07, 6.45) is 5.66. The van der Waals surface area contributed by atoms with Gasteiger partial charge in [0.25, 0.3) is 0 Å². The molecule has 7 nitrogen and oxygen atoms in total. The summed E-state index contributed by atoms with van der Waals surface area (Å²) in [6.45, 7) is 3.56. The number of halogens is 1. The van der Waals surface area contributed by atoms with E-state index in [1.165, 1.54) is 18.2 Å². The van der Waals surface area contributed by atoms with Crippen LogP contribution in [0.3, 0.4) is 0 Å². The van der Waals surface area contributed by atoms with E-state index in [4.69, 9.17) is 15.2 Å². The highest BCUT2D eigenvalue weighted by molar-refractivity contribution is 6.01. The van der Waals surface area contributed by atoms with Crippen LogP contribution in [0.1, 0.15) is 25.3 Å². The maximum Gasteiger partial charge on any atom is 0.250 e. The van der Waals surface area contributed by atoms with E-state index in [0.29, 0.717) is 24.2 Å². The minimum absolute atomic E-state index is 0.0954. The number of ether oxygens (including phenoxy) is 2. The second kappa shape index (κ2) is 11.1. The average molecular weight is 468 g/mol. The molecule has 3 rings (SSSR count). The topological polar surface area (TPSA) is 103 Å². The van der Waals surface area contributed by atoms with Crippen molar-refractivity contribution in [2.75, 3.05) is 30.1 Å². The number of para-hydroxylation sites is 1. The smallest absolute Gasteiger partial charge is 0.250 e. The van der Waals surface area contributed by atoms with Crippen molar-refractivity contribution in [3.8, 4) is 0 Å². The first-order chi connectivity index (χ1) is 16.2. The van der Waals surface area contributed by atoms with Crippen LogP contribution in [0.15, 0.2) is 66.3 Å². The summed E-state index contributed by atoms with van der Waals surface area (Å²) in [7, 11) is 1.59. The molecule has 0 radical (unpaired) electrons. The van der Waals surface area contributed by atoms with E-state index in [-0.39, 0.29) is 18.2 Å². The first-order valence-corrected chi connectivity index (χ1v) is 11.0. The van der Waals surface area contributed by atoms with E-state index in [0.717, 1.165) is 11.1 Å². The zero-order valence-electron chi connectivity index (χ0n) is 19.6. The third-order valence-electron chi connectivity index (χ3n) is 5.82. The predicted octanol–water partition coefficient (Wildman–Crippen LogP) is 4.36. The van der Waals surface area contributed by atoms with Gasteiger partial charge in [-0.2, -0.15) is 0 Å². The Morgan fingerprint density at radius 3 is 2.68 bits per heavy atom. The number of rotatable bonds is 8. The fourth-order valence-electron chi connectivity index (χ4n) is 3.64. The molecule has 0 heterocycles. The second-order valence-electron chi connectivity index (χ2n) is 8.45. The van der Waals surface area contributed by atoms with Crippen molar-refractivity contribution in [1.82, 2.24) is 0 Å². The second-order valence-corrected chi connectivity index (χ2v) is 8.45. The maximum atomic E-state index is 13.8. The molecule has 2 atom stereocenters. The van der Waals surface area contributed by atoms with Crippen molar-refractivity contribution in [1.29, 1.82) is 0 Å². The van der Waals surface area contributed by atoms with Gasteiger partial charge in [-0.1, -0.05) is 30.4 Å². The van der Waals surface area contributed by atoms with E-state index < -0.39 is 23.4 Å². The molecule has 0 fully saturated rings. The lowest BCUT2D eigenvalue weighted by Gasteiger charge is -2.39. The first-order valence-electron chi connectivity index (χ1n) is 11.0. The highest BCUT2D eigenvalue weighted by Gasteiger charge is 2.37. The lowest BCUT2D eigenvalue weighted by molar-refractivity contribution is -0.139. The molecule has 0 spiro atoms. The molecule has 2 unspecified atom stereocenters. The number of carbonyl (C=O) groups is 2. The summed E-state index contributed by atoms with van der Waals surface area (Å²) in [4.78, 5) is 24.6. The van der Waals surface area contributed by atoms with Gasteiger partial charge < -0.3 is 25.8 Å². The van der Waals surface area contributed by atoms with E-state index in [1.807, 2.05) is 26.0 Å². The molecule has 2 aromatic carbocycles. The molecule has 0 saturated carbocycles. The molecule has 34 heavy (non-hydrogen) atoms. The molecule has 2 aromatic rings. The quantitative estimate of drug-likeness (QED) is 0.395. The van der Waals surface area contributed by atoms with E-state index in [2.05, 4.69) is 10.6 Å². The number of methoxy groups -OCH3 is 1. The van der Waals surface area contributed by atoms with Gasteiger partial charge in [0.15, 0.2) is 0 Å². The van der Waals surface area contributed by atoms with Crippen LogP contribution in [0.4, 0.5) is 21.5 Å². The third kappa shape index (κ3) is 6.52. The lowest BCUT2D eigenvalue weighted by Crippen LogP contribution is -2.46. The third-order valence-corrected chi connectivity index (χ3v) is 5.82. The lowest BCUT2D eigenvalue weighted by atomic mass is 9.83. The SMILES string of the molecule is COC1(C)CC=C(/C=C/C(=O)Nc2ccc(C)cc2N)CC1OCC(=O)Nc1ccccc1F. The number of anilines is 3. The summed E-state index contributed by atoms with van der Waals surface area (Å²) >= 11 is 0. The molecule has 180 valence electrons. The molecule has 8 heteroatoms. The highest BCUT2D eigenvalue weighted by atomic mass is 19.1. The fraction of sp³-hybridized carbons (Fsp3) is 0.308. The van der Waals surface area contributed by atoms with Crippen molar-refractivity contribution in [3.05, 3.63) is 77.6 Å². The Labute approximate surface area is 198 Å². The van der Waals surface area contributed by atoms with Gasteiger partial charge in [0.1, 0.15) is 12.4 Å². The van der Waals surface area contributed by atoms with Crippen molar-refractivity contribution in [2.45, 2.75) is 38.4 Å². The van der Waals surface area contributed by atoms with Crippen LogP contribution in [0, 0.1) is 12.7 Å². The number of amides is 2. The Hall–Kier alpha value is -3.49. The maximum absolute atomic E-state index is 13.8. The van der Waals surface area contributed by atoms with Crippen LogP contribution in [0.5, 0.6) is 0 Å². The van der Waals surface area contributed by atoms with Crippen LogP contribution in [-0.4, -0.2) is 37.2 Å². The zero-order valence-corrected chi connectivity index (χ0v) is 19.6.